The van der Waals surface area contributed by atoms with Gasteiger partial charge >= 0.3 is 0 Å². The van der Waals surface area contributed by atoms with Gasteiger partial charge in [0, 0.05) is 0 Å². The summed E-state index contributed by atoms with van der Waals surface area (Å²) in [6, 6.07) is 0. The van der Waals surface area contributed by atoms with Gasteiger partial charge in [0.25, 0.3) is 6.43 Å². The Morgan fingerprint density at radius 3 is 2.00 bits per heavy atom. The predicted octanol–water partition coefficient (Wildman–Crippen LogP) is 0.726. The van der Waals surface area contributed by atoms with Crippen molar-refractivity contribution in [3.8, 4) is 0 Å². The van der Waals surface area contributed by atoms with Crippen LogP contribution in [-0.4, -0.2) is 13.0 Å². The van der Waals surface area contributed by atoms with Gasteiger partial charge in [0.1, 0.15) is 0 Å². The Morgan fingerprint density at radius 2 is 2.00 bits per heavy atom. The second-order valence-corrected chi connectivity index (χ2v) is 0.729. The molecule has 0 amide bonds. The Hall–Kier alpha value is -0.250. The third kappa shape index (κ3) is 3.75. The molecule has 0 unspecified atom stereocenters. The maximum Gasteiger partial charge on any atom is 0.253 e. The highest BCUT2D eigenvalue weighted by atomic mass is 19.3. The van der Waals surface area contributed by atoms with Crippen LogP contribution in [0.25, 0.3) is 0 Å². The lowest BCUT2D eigenvalue weighted by atomic mass is 10.7. The number of hydrogen-bond acceptors (Lipinski definition) is 1. The molecule has 0 aliphatic rings. The maximum atomic E-state index is 10.7. The Bertz CT molecular complexity index is 30.0. The normalized spacial score (nSPS) is 10.0. The fraction of sp³-hybridized carbons (Fsp3) is 1.00. The molecule has 0 fully saturated rings. The number of alkyl halides is 2. The lowest BCUT2D eigenvalue weighted by Crippen LogP contribution is -2.10. The second-order valence-electron chi connectivity index (χ2n) is 0.729. The average Bonchev–Trinajstić information content (AvgIpc) is 1.35. The van der Waals surface area contributed by atoms with Crippen molar-refractivity contribution in [3.05, 3.63) is 0 Å². The zero-order chi connectivity index (χ0) is 4.99. The Balaban J connectivity index is 2.63. The molecule has 4 heteroatoms. The van der Waals surface area contributed by atoms with Gasteiger partial charge in [0.15, 0.2) is 0 Å². The maximum absolute atomic E-state index is 10.7. The van der Waals surface area contributed by atoms with E-state index in [1.165, 1.54) is 0 Å². The van der Waals surface area contributed by atoms with Gasteiger partial charge in [-0.25, -0.2) is 8.78 Å². The highest BCUT2D eigenvalue weighted by molar-refractivity contribution is 4.33. The first-order chi connectivity index (χ1) is 2.77. The van der Waals surface area contributed by atoms with E-state index in [4.69, 9.17) is 0 Å². The Kier molecular flexibility index (Phi) is 2.84. The van der Waals surface area contributed by atoms with Crippen LogP contribution >= 0.6 is 0 Å². The molecule has 1 N–H and O–H groups in total. The lowest BCUT2D eigenvalue weighted by Gasteiger charge is -1.87. The summed E-state index contributed by atoms with van der Waals surface area (Å²) in [4.78, 5) is 0. The molecule has 0 bridgehead atoms. The van der Waals surface area contributed by atoms with Crippen LogP contribution in [0.5, 0.6) is 0 Å². The van der Waals surface area contributed by atoms with Crippen molar-refractivity contribution in [2.75, 3.05) is 6.54 Å². The minimum atomic E-state index is -2.59. The van der Waals surface area contributed by atoms with Crippen molar-refractivity contribution in [1.29, 1.82) is 0 Å². The summed E-state index contributed by atoms with van der Waals surface area (Å²) in [5.41, 5.74) is 0.817. The molecule has 0 aromatic rings. The highest BCUT2D eigenvalue weighted by Gasteiger charge is 1.97. The van der Waals surface area contributed by atoms with Crippen molar-refractivity contribution < 1.29 is 13.3 Å². The summed E-state index contributed by atoms with van der Waals surface area (Å²) >= 11 is 0. The van der Waals surface area contributed by atoms with Crippen LogP contribution in [0, 0.1) is 0 Å². The number of nitrogens with one attached hydrogen (secondary N) is 1. The van der Waals surface area contributed by atoms with Crippen LogP contribution in [0.3, 0.4) is 0 Å². The average molecular weight is 99.1 g/mol. The predicted molar refractivity (Wildman–Crippen MR) is 15.1 cm³/mol. The molecule has 6 heavy (non-hydrogen) atoms. The molecule has 0 heterocycles. The molecule has 0 rings (SSSR count). The topological polar surface area (TPSA) is 12.0 Å². The highest BCUT2D eigenvalue weighted by Crippen LogP contribution is 1.85. The van der Waals surface area contributed by atoms with Gasteiger partial charge in [-0.15, -0.1) is 4.48 Å². The molecule has 0 aromatic carbocycles. The largest absolute Gasteiger partial charge is 0.253 e. The van der Waals surface area contributed by atoms with Crippen LogP contribution in [-0.2, 0) is 0 Å². The third-order valence-electron chi connectivity index (χ3n) is 0.231. The van der Waals surface area contributed by atoms with Crippen LogP contribution < -0.4 is 5.54 Å². The van der Waals surface area contributed by atoms with E-state index in [9.17, 15) is 13.3 Å². The molecule has 0 aliphatic carbocycles. The van der Waals surface area contributed by atoms with Gasteiger partial charge in [-0.05, 0) is 0 Å². The minimum absolute atomic E-state index is 0.817. The van der Waals surface area contributed by atoms with Crippen LogP contribution in [0.1, 0.15) is 0 Å². The summed E-state index contributed by atoms with van der Waals surface area (Å²) in [5.74, 6) is 0. The number of hydrogen-bond donors (Lipinski definition) is 1. The first-order valence-corrected chi connectivity index (χ1v) is 1.39. The minimum Gasteiger partial charge on any atom is -0.209 e. The van der Waals surface area contributed by atoms with Crippen LogP contribution in [0.15, 0.2) is 0 Å². The summed E-state index contributed by atoms with van der Waals surface area (Å²) < 4.78 is 32.0. The first-order valence-electron chi connectivity index (χ1n) is 1.39. The van der Waals surface area contributed by atoms with E-state index >= 15 is 0 Å². The molecule has 0 radical (unpaired) electrons. The molecule has 0 aromatic heterocycles. The number of halogens is 3. The van der Waals surface area contributed by atoms with E-state index in [2.05, 4.69) is 0 Å². The summed E-state index contributed by atoms with van der Waals surface area (Å²) in [5, 5.41) is 0. The summed E-state index contributed by atoms with van der Waals surface area (Å²) in [6.45, 7) is -0.875. The van der Waals surface area contributed by atoms with Gasteiger partial charge < -0.3 is 0 Å². The molecule has 38 valence electrons. The zero-order valence-corrected chi connectivity index (χ0v) is 2.92. The summed E-state index contributed by atoms with van der Waals surface area (Å²) in [7, 11) is 0. The van der Waals surface area contributed by atoms with Gasteiger partial charge in [0.2, 0.25) is 0 Å². The first kappa shape index (κ1) is 5.75. The van der Waals surface area contributed by atoms with E-state index in [0.29, 0.717) is 0 Å². The van der Waals surface area contributed by atoms with Gasteiger partial charge in [-0.1, -0.05) is 0 Å². The fourth-order valence-corrected chi connectivity index (χ4v) is 0.0583. The van der Waals surface area contributed by atoms with Gasteiger partial charge in [-0.3, -0.25) is 0 Å². The zero-order valence-electron chi connectivity index (χ0n) is 2.92. The van der Waals surface area contributed by atoms with Crippen molar-refractivity contribution >= 4 is 0 Å². The smallest absolute Gasteiger partial charge is 0.209 e. The molecule has 0 saturated carbocycles. The standard InChI is InChI=1S/C2H4F3N/c3-2(4)1-6-5/h2,6H,1H2. The van der Waals surface area contributed by atoms with E-state index in [1.54, 1.807) is 0 Å². The van der Waals surface area contributed by atoms with Crippen LogP contribution in [0.2, 0.25) is 0 Å². The monoisotopic (exact) mass is 99.0 g/mol. The van der Waals surface area contributed by atoms with Crippen molar-refractivity contribution in [2.45, 2.75) is 6.43 Å². The third-order valence-corrected chi connectivity index (χ3v) is 0.231. The molecular weight excluding hydrogens is 95.0 g/mol. The van der Waals surface area contributed by atoms with Gasteiger partial charge in [-0.2, -0.15) is 5.54 Å². The lowest BCUT2D eigenvalue weighted by molar-refractivity contribution is 0.118. The van der Waals surface area contributed by atoms with E-state index < -0.39 is 13.0 Å². The van der Waals surface area contributed by atoms with E-state index in [1.807, 2.05) is 0 Å². The van der Waals surface area contributed by atoms with Crippen LogP contribution in [0.4, 0.5) is 13.3 Å². The van der Waals surface area contributed by atoms with Crippen molar-refractivity contribution in [2.24, 2.45) is 0 Å². The molecule has 0 aliphatic heterocycles. The summed E-state index contributed by atoms with van der Waals surface area (Å²) in [6.07, 6.45) is -2.59. The van der Waals surface area contributed by atoms with Crippen molar-refractivity contribution in [3.63, 3.8) is 0 Å². The van der Waals surface area contributed by atoms with Gasteiger partial charge in [0.05, 0.1) is 6.54 Å². The Labute approximate surface area is 33.1 Å². The molecule has 0 saturated heterocycles. The molecular formula is C2H4F3N. The van der Waals surface area contributed by atoms with E-state index in [0.717, 1.165) is 5.54 Å². The van der Waals surface area contributed by atoms with Crippen molar-refractivity contribution in [1.82, 2.24) is 5.54 Å². The van der Waals surface area contributed by atoms with E-state index in [-0.39, 0.29) is 0 Å². The fourth-order valence-electron chi connectivity index (χ4n) is 0.0583. The number of rotatable bonds is 2. The molecule has 0 atom stereocenters. The Morgan fingerprint density at radius 1 is 1.50 bits per heavy atom. The SMILES string of the molecule is FNCC(F)F. The second kappa shape index (κ2) is 2.96. The quantitative estimate of drug-likeness (QED) is 0.503. The molecule has 1 nitrogen and oxygen atoms in total. The molecule has 0 spiro atoms.